The summed E-state index contributed by atoms with van der Waals surface area (Å²) in [5.74, 6) is -1.33. The van der Waals surface area contributed by atoms with E-state index in [4.69, 9.17) is 9.47 Å². The Hall–Kier alpha value is -3.66. The zero-order valence-electron chi connectivity index (χ0n) is 23.2. The molecule has 0 spiro atoms. The Balaban J connectivity index is 1.74. The van der Waals surface area contributed by atoms with Crippen LogP contribution in [-0.2, 0) is 39.9 Å². The second kappa shape index (κ2) is 13.3. The third kappa shape index (κ3) is 9.74. The second-order valence-electron chi connectivity index (χ2n) is 10.5. The van der Waals surface area contributed by atoms with Crippen molar-refractivity contribution in [3.8, 4) is 5.75 Å². The average molecular weight is 634 g/mol. The first-order valence-electron chi connectivity index (χ1n) is 12.7. The molecule has 1 amide bonds. The lowest BCUT2D eigenvalue weighted by Gasteiger charge is -2.25. The standard InChI is InChI=1S/C31H31BrF3NO5/c1-30(2,3)41-28(38)19-36(18-21-7-12-24(32)13-8-21)29(39)22-9-5-20(6-10-22)15-25(37)16-23-11-14-26(40-4)17-27(23)31(33,34)35/h5-14,17H,15-16,18-19H2,1-4H3. The van der Waals surface area contributed by atoms with E-state index in [1.807, 2.05) is 24.3 Å². The molecule has 0 fully saturated rings. The number of ether oxygens (including phenoxy) is 2. The van der Waals surface area contributed by atoms with Crippen LogP contribution in [0, 0.1) is 0 Å². The van der Waals surface area contributed by atoms with Gasteiger partial charge in [0.25, 0.3) is 5.91 Å². The molecule has 0 atom stereocenters. The molecule has 0 N–H and O–H groups in total. The number of esters is 1. The van der Waals surface area contributed by atoms with Crippen molar-refractivity contribution in [2.45, 2.75) is 51.9 Å². The number of amides is 1. The van der Waals surface area contributed by atoms with Gasteiger partial charge in [-0.3, -0.25) is 14.4 Å². The van der Waals surface area contributed by atoms with E-state index in [1.54, 1.807) is 32.9 Å². The average Bonchev–Trinajstić information content (AvgIpc) is 2.88. The molecule has 10 heteroatoms. The molecule has 6 nitrogen and oxygen atoms in total. The molecule has 0 heterocycles. The van der Waals surface area contributed by atoms with Crippen LogP contribution >= 0.6 is 15.9 Å². The van der Waals surface area contributed by atoms with Crippen molar-refractivity contribution < 1.29 is 37.0 Å². The summed E-state index contributed by atoms with van der Waals surface area (Å²) in [6.07, 6.45) is -5.15. The molecule has 0 unspecified atom stereocenters. The van der Waals surface area contributed by atoms with Crippen LogP contribution in [0.2, 0.25) is 0 Å². The van der Waals surface area contributed by atoms with Gasteiger partial charge < -0.3 is 14.4 Å². The summed E-state index contributed by atoms with van der Waals surface area (Å²) < 4.78 is 51.7. The van der Waals surface area contributed by atoms with E-state index in [0.717, 1.165) is 16.1 Å². The molecule has 3 rings (SSSR count). The van der Waals surface area contributed by atoms with Crippen molar-refractivity contribution in [1.29, 1.82) is 0 Å². The SMILES string of the molecule is COc1ccc(CC(=O)Cc2ccc(C(=O)N(CC(=O)OC(C)(C)C)Cc3ccc(Br)cc3)cc2)c(C(F)(F)F)c1. The Bertz CT molecular complexity index is 1380. The molecule has 41 heavy (non-hydrogen) atoms. The van der Waals surface area contributed by atoms with E-state index in [9.17, 15) is 27.6 Å². The van der Waals surface area contributed by atoms with Crippen LogP contribution in [0.3, 0.4) is 0 Å². The van der Waals surface area contributed by atoms with Crippen LogP contribution in [0.1, 0.15) is 53.4 Å². The number of benzene rings is 3. The van der Waals surface area contributed by atoms with Gasteiger partial charge in [0.15, 0.2) is 0 Å². The van der Waals surface area contributed by atoms with Crippen molar-refractivity contribution in [2.75, 3.05) is 13.7 Å². The lowest BCUT2D eigenvalue weighted by molar-refractivity contribution is -0.155. The molecule has 218 valence electrons. The second-order valence-corrected chi connectivity index (χ2v) is 11.4. The predicted octanol–water partition coefficient (Wildman–Crippen LogP) is 6.81. The third-order valence-electron chi connectivity index (χ3n) is 5.93. The molecular formula is C31H31BrF3NO5. The van der Waals surface area contributed by atoms with E-state index >= 15 is 0 Å². The molecule has 0 aliphatic heterocycles. The Kier molecular flexibility index (Phi) is 10.4. The molecule has 0 saturated heterocycles. The lowest BCUT2D eigenvalue weighted by Crippen LogP contribution is -2.38. The summed E-state index contributed by atoms with van der Waals surface area (Å²) in [6, 6.07) is 17.1. The van der Waals surface area contributed by atoms with Gasteiger partial charge in [0.05, 0.1) is 12.7 Å². The highest BCUT2D eigenvalue weighted by atomic mass is 79.9. The van der Waals surface area contributed by atoms with Crippen LogP contribution in [0.25, 0.3) is 0 Å². The lowest BCUT2D eigenvalue weighted by atomic mass is 9.97. The first-order chi connectivity index (χ1) is 19.1. The van der Waals surface area contributed by atoms with Crippen LogP contribution in [0.4, 0.5) is 13.2 Å². The summed E-state index contributed by atoms with van der Waals surface area (Å²) >= 11 is 3.38. The zero-order chi connectivity index (χ0) is 30.4. The number of alkyl halides is 3. The quantitative estimate of drug-likeness (QED) is 0.229. The van der Waals surface area contributed by atoms with E-state index in [1.165, 1.54) is 36.3 Å². The van der Waals surface area contributed by atoms with Crippen molar-refractivity contribution in [3.63, 3.8) is 0 Å². The van der Waals surface area contributed by atoms with Gasteiger partial charge in [-0.2, -0.15) is 13.2 Å². The van der Waals surface area contributed by atoms with Crippen LogP contribution in [-0.4, -0.2) is 41.8 Å². The van der Waals surface area contributed by atoms with Crippen molar-refractivity contribution in [1.82, 2.24) is 4.90 Å². The maximum atomic E-state index is 13.5. The molecule has 0 aromatic heterocycles. The highest BCUT2D eigenvalue weighted by Gasteiger charge is 2.34. The van der Waals surface area contributed by atoms with Crippen molar-refractivity contribution in [3.05, 3.63) is 99.0 Å². The smallest absolute Gasteiger partial charge is 0.416 e. The molecule has 3 aromatic rings. The maximum Gasteiger partial charge on any atom is 0.416 e. The molecule has 0 aliphatic rings. The molecule has 0 bridgehead atoms. The Labute approximate surface area is 245 Å². The number of ketones is 1. The van der Waals surface area contributed by atoms with Gasteiger partial charge in [-0.25, -0.2) is 0 Å². The maximum absolute atomic E-state index is 13.5. The van der Waals surface area contributed by atoms with E-state index in [2.05, 4.69) is 15.9 Å². The van der Waals surface area contributed by atoms with E-state index in [-0.39, 0.29) is 36.4 Å². The summed E-state index contributed by atoms with van der Waals surface area (Å²) in [6.45, 7) is 5.11. The first kappa shape index (κ1) is 31.9. The Morgan fingerprint density at radius 3 is 2.02 bits per heavy atom. The number of hydrogen-bond acceptors (Lipinski definition) is 5. The summed E-state index contributed by atoms with van der Waals surface area (Å²) in [5, 5.41) is 0. The Morgan fingerprint density at radius 2 is 1.46 bits per heavy atom. The van der Waals surface area contributed by atoms with Gasteiger partial charge in [-0.15, -0.1) is 0 Å². The minimum Gasteiger partial charge on any atom is -0.497 e. The fourth-order valence-corrected chi connectivity index (χ4v) is 4.35. The fraction of sp³-hybridized carbons (Fsp3) is 0.323. The van der Waals surface area contributed by atoms with Gasteiger partial charge in [-0.1, -0.05) is 46.3 Å². The highest BCUT2D eigenvalue weighted by molar-refractivity contribution is 9.10. The number of carbonyl (C=O) groups excluding carboxylic acids is 3. The van der Waals surface area contributed by atoms with E-state index in [0.29, 0.717) is 5.56 Å². The van der Waals surface area contributed by atoms with Crippen LogP contribution < -0.4 is 4.74 Å². The number of halogens is 4. The fourth-order valence-electron chi connectivity index (χ4n) is 4.09. The molecule has 3 aromatic carbocycles. The van der Waals surface area contributed by atoms with Gasteiger partial charge in [0.2, 0.25) is 0 Å². The minimum atomic E-state index is -4.63. The number of methoxy groups -OCH3 is 1. The number of Topliss-reactive ketones (excluding diaryl/α,β-unsaturated/α-hetero) is 1. The number of rotatable bonds is 10. The normalized spacial score (nSPS) is 11.6. The predicted molar refractivity (Wildman–Crippen MR) is 152 cm³/mol. The monoisotopic (exact) mass is 633 g/mol. The zero-order valence-corrected chi connectivity index (χ0v) is 24.8. The first-order valence-corrected chi connectivity index (χ1v) is 13.5. The van der Waals surface area contributed by atoms with Crippen LogP contribution in [0.15, 0.2) is 71.2 Å². The summed E-state index contributed by atoms with van der Waals surface area (Å²) in [4.78, 5) is 40.0. The van der Waals surface area contributed by atoms with Crippen LogP contribution in [0.5, 0.6) is 5.75 Å². The van der Waals surface area contributed by atoms with Crippen molar-refractivity contribution >= 4 is 33.6 Å². The van der Waals surface area contributed by atoms with E-state index < -0.39 is 41.4 Å². The van der Waals surface area contributed by atoms with Gasteiger partial charge in [0, 0.05) is 29.4 Å². The van der Waals surface area contributed by atoms with Crippen molar-refractivity contribution in [2.24, 2.45) is 0 Å². The largest absolute Gasteiger partial charge is 0.497 e. The number of carbonyl (C=O) groups is 3. The number of nitrogens with zero attached hydrogens (tertiary/aromatic N) is 1. The highest BCUT2D eigenvalue weighted by Crippen LogP contribution is 2.35. The van der Waals surface area contributed by atoms with Gasteiger partial charge >= 0.3 is 12.1 Å². The molecule has 0 aliphatic carbocycles. The molecular weight excluding hydrogens is 603 g/mol. The molecule has 0 radical (unpaired) electrons. The minimum absolute atomic E-state index is 0.0506. The summed E-state index contributed by atoms with van der Waals surface area (Å²) in [5.41, 5.74) is -0.131. The third-order valence-corrected chi connectivity index (χ3v) is 6.45. The molecule has 0 saturated carbocycles. The van der Waals surface area contributed by atoms with Gasteiger partial charge in [0.1, 0.15) is 23.7 Å². The Morgan fingerprint density at radius 1 is 0.854 bits per heavy atom. The number of hydrogen-bond donors (Lipinski definition) is 0. The van der Waals surface area contributed by atoms with Gasteiger partial charge in [-0.05, 0) is 73.9 Å². The topological polar surface area (TPSA) is 72.9 Å². The summed E-state index contributed by atoms with van der Waals surface area (Å²) in [7, 11) is 1.27.